The molecule has 4 rings (SSSR count). The number of rotatable bonds is 8. The first-order valence-electron chi connectivity index (χ1n) is 12.9. The fourth-order valence-electron chi connectivity index (χ4n) is 7.57. The van der Waals surface area contributed by atoms with Crippen molar-refractivity contribution in [2.24, 2.45) is 39.5 Å². The predicted molar refractivity (Wildman–Crippen MR) is 129 cm³/mol. The van der Waals surface area contributed by atoms with Crippen LogP contribution in [-0.2, 0) is 19.2 Å². The molecule has 0 radical (unpaired) electrons. The van der Waals surface area contributed by atoms with Crippen LogP contribution in [0.25, 0.3) is 0 Å². The lowest BCUT2D eigenvalue weighted by Crippen LogP contribution is -2.51. The quantitative estimate of drug-likeness (QED) is 0.385. The first kappa shape index (κ1) is 25.7. The third-order valence-electron chi connectivity index (χ3n) is 9.62. The SMILES string of the molecule is C[C@]12CC[C@H]3[C@@H](CCC4=C/C(=N/OCC(=O)N[C@H](CCC(N)=O)C(=O)O)CC[C@@]43C)[C@@H]1CC[C@@H]2O. The van der Waals surface area contributed by atoms with Gasteiger partial charge in [0, 0.05) is 6.42 Å². The van der Waals surface area contributed by atoms with Gasteiger partial charge in [0.05, 0.1) is 11.8 Å². The number of allylic oxidation sites excluding steroid dienone is 2. The molecule has 9 nitrogen and oxygen atoms in total. The lowest BCUT2D eigenvalue weighted by atomic mass is 9.47. The third-order valence-corrected chi connectivity index (χ3v) is 9.62. The molecular formula is C26H39N3O6. The summed E-state index contributed by atoms with van der Waals surface area (Å²) in [5.74, 6) is -0.542. The van der Waals surface area contributed by atoms with Gasteiger partial charge in [-0.1, -0.05) is 24.6 Å². The highest BCUT2D eigenvalue weighted by molar-refractivity contribution is 5.96. The van der Waals surface area contributed by atoms with Gasteiger partial charge in [0.15, 0.2) is 6.61 Å². The Morgan fingerprint density at radius 3 is 2.66 bits per heavy atom. The number of oxime groups is 1. The summed E-state index contributed by atoms with van der Waals surface area (Å²) < 4.78 is 0. The van der Waals surface area contributed by atoms with E-state index in [1.807, 2.05) is 0 Å². The molecule has 0 heterocycles. The molecule has 35 heavy (non-hydrogen) atoms. The van der Waals surface area contributed by atoms with E-state index < -0.39 is 30.4 Å². The van der Waals surface area contributed by atoms with Crippen molar-refractivity contribution < 1.29 is 29.4 Å². The molecule has 7 atom stereocenters. The Morgan fingerprint density at radius 1 is 1.17 bits per heavy atom. The van der Waals surface area contributed by atoms with Crippen LogP contribution in [0.5, 0.6) is 0 Å². The van der Waals surface area contributed by atoms with Gasteiger partial charge >= 0.3 is 5.97 Å². The summed E-state index contributed by atoms with van der Waals surface area (Å²) >= 11 is 0. The molecular weight excluding hydrogens is 450 g/mol. The monoisotopic (exact) mass is 489 g/mol. The minimum absolute atomic E-state index is 0.0727. The first-order chi connectivity index (χ1) is 16.5. The number of nitrogens with zero attached hydrogens (tertiary/aromatic N) is 1. The average molecular weight is 490 g/mol. The summed E-state index contributed by atoms with van der Waals surface area (Å²) in [7, 11) is 0. The maximum absolute atomic E-state index is 12.1. The number of nitrogens with one attached hydrogen (secondary N) is 1. The molecule has 0 aromatic rings. The van der Waals surface area contributed by atoms with Gasteiger partial charge in [-0.05, 0) is 92.4 Å². The zero-order chi connectivity index (χ0) is 25.4. The van der Waals surface area contributed by atoms with Gasteiger partial charge in [0.25, 0.3) is 5.91 Å². The second-order valence-corrected chi connectivity index (χ2v) is 11.5. The summed E-state index contributed by atoms with van der Waals surface area (Å²) in [6.07, 6.45) is 10.1. The van der Waals surface area contributed by atoms with E-state index in [1.54, 1.807) is 0 Å². The van der Waals surface area contributed by atoms with E-state index in [-0.39, 0.29) is 29.8 Å². The van der Waals surface area contributed by atoms with Crippen molar-refractivity contribution in [2.45, 2.75) is 90.2 Å². The van der Waals surface area contributed by atoms with Gasteiger partial charge in [-0.25, -0.2) is 4.79 Å². The molecule has 0 aromatic carbocycles. The van der Waals surface area contributed by atoms with Crippen molar-refractivity contribution in [2.75, 3.05) is 6.61 Å². The molecule has 0 aliphatic heterocycles. The smallest absolute Gasteiger partial charge is 0.326 e. The molecule has 4 aliphatic rings. The van der Waals surface area contributed by atoms with E-state index in [2.05, 4.69) is 30.4 Å². The molecule has 0 saturated heterocycles. The van der Waals surface area contributed by atoms with E-state index in [4.69, 9.17) is 10.6 Å². The lowest BCUT2D eigenvalue weighted by Gasteiger charge is -2.57. The van der Waals surface area contributed by atoms with Crippen LogP contribution in [0.15, 0.2) is 16.8 Å². The van der Waals surface area contributed by atoms with Crippen LogP contribution >= 0.6 is 0 Å². The molecule has 0 unspecified atom stereocenters. The molecule has 194 valence electrons. The standard InChI is InChI=1S/C26H39N3O6/c1-25-11-9-16(29-35-14-23(32)28-20(24(33)34)6-8-22(27)31)13-15(25)3-4-17-18-5-7-21(30)26(18,2)12-10-19(17)25/h13,17-21,30H,3-12,14H2,1-2H3,(H2,27,31)(H,28,32)(H,33,34)/b29-16+/t17-,18-,19-,20+,21-,25-,26-/m0/s1. The Balaban J connectivity index is 1.35. The molecule has 2 amide bonds. The molecule has 0 bridgehead atoms. The number of carbonyl (C=O) groups is 3. The number of aliphatic hydroxyl groups excluding tert-OH is 1. The van der Waals surface area contributed by atoms with E-state index in [0.717, 1.165) is 57.1 Å². The van der Waals surface area contributed by atoms with Crippen LogP contribution in [0.3, 0.4) is 0 Å². The van der Waals surface area contributed by atoms with Crippen LogP contribution in [0.1, 0.15) is 78.1 Å². The molecule has 3 saturated carbocycles. The van der Waals surface area contributed by atoms with Crippen molar-refractivity contribution >= 4 is 23.5 Å². The lowest BCUT2D eigenvalue weighted by molar-refractivity contribution is -0.142. The highest BCUT2D eigenvalue weighted by Gasteiger charge is 2.58. The van der Waals surface area contributed by atoms with E-state index >= 15 is 0 Å². The number of nitrogens with two attached hydrogens (primary N) is 1. The maximum Gasteiger partial charge on any atom is 0.326 e. The van der Waals surface area contributed by atoms with Gasteiger partial charge in [0.2, 0.25) is 5.91 Å². The number of aliphatic hydroxyl groups is 1. The second kappa shape index (κ2) is 9.91. The normalized spacial score (nSPS) is 37.9. The Bertz CT molecular complexity index is 932. The molecule has 9 heteroatoms. The van der Waals surface area contributed by atoms with E-state index in [0.29, 0.717) is 17.8 Å². The van der Waals surface area contributed by atoms with Crippen molar-refractivity contribution in [3.05, 3.63) is 11.6 Å². The zero-order valence-electron chi connectivity index (χ0n) is 20.8. The number of aliphatic carboxylic acids is 1. The highest BCUT2D eigenvalue weighted by atomic mass is 16.6. The number of hydrogen-bond acceptors (Lipinski definition) is 6. The number of hydrogen-bond donors (Lipinski definition) is 4. The summed E-state index contributed by atoms with van der Waals surface area (Å²) in [5.41, 5.74) is 7.50. The third kappa shape index (κ3) is 4.97. The Kier molecular flexibility index (Phi) is 7.27. The molecule has 0 spiro atoms. The van der Waals surface area contributed by atoms with Crippen LogP contribution in [0, 0.1) is 28.6 Å². The Hall–Kier alpha value is -2.42. The fourth-order valence-corrected chi connectivity index (χ4v) is 7.57. The molecule has 4 aliphatic carbocycles. The van der Waals surface area contributed by atoms with Crippen LogP contribution in [0.4, 0.5) is 0 Å². The van der Waals surface area contributed by atoms with Crippen molar-refractivity contribution in [1.82, 2.24) is 5.32 Å². The average Bonchev–Trinajstić information content (AvgIpc) is 3.11. The van der Waals surface area contributed by atoms with Gasteiger partial charge in [-0.15, -0.1) is 0 Å². The summed E-state index contributed by atoms with van der Waals surface area (Å²) in [6.45, 7) is 4.30. The largest absolute Gasteiger partial charge is 0.480 e. The molecule has 3 fully saturated rings. The molecule has 5 N–H and O–H groups in total. The van der Waals surface area contributed by atoms with Gasteiger partial charge in [-0.3, -0.25) is 9.59 Å². The second-order valence-electron chi connectivity index (χ2n) is 11.5. The predicted octanol–water partition coefficient (Wildman–Crippen LogP) is 2.52. The molecule has 0 aromatic heterocycles. The van der Waals surface area contributed by atoms with Crippen molar-refractivity contribution in [3.8, 4) is 0 Å². The topological polar surface area (TPSA) is 151 Å². The van der Waals surface area contributed by atoms with E-state index in [9.17, 15) is 24.6 Å². The number of carboxylic acids is 1. The number of fused-ring (bicyclic) bond motifs is 5. The summed E-state index contributed by atoms with van der Waals surface area (Å²) in [6, 6.07) is -1.20. The van der Waals surface area contributed by atoms with Crippen molar-refractivity contribution in [3.63, 3.8) is 0 Å². The van der Waals surface area contributed by atoms with Crippen LogP contribution < -0.4 is 11.1 Å². The van der Waals surface area contributed by atoms with Gasteiger partial charge < -0.3 is 26.1 Å². The Morgan fingerprint density at radius 2 is 1.94 bits per heavy atom. The number of carbonyl (C=O) groups excluding carboxylic acids is 2. The highest BCUT2D eigenvalue weighted by Crippen LogP contribution is 2.65. The Labute approximate surface area is 206 Å². The van der Waals surface area contributed by atoms with Crippen LogP contribution in [0.2, 0.25) is 0 Å². The minimum Gasteiger partial charge on any atom is -0.480 e. The van der Waals surface area contributed by atoms with Crippen molar-refractivity contribution in [1.29, 1.82) is 0 Å². The minimum atomic E-state index is -1.23. The van der Waals surface area contributed by atoms with Crippen LogP contribution in [-0.4, -0.2) is 52.5 Å². The number of carboxylic acid groups (broad SMARTS) is 1. The zero-order valence-corrected chi connectivity index (χ0v) is 20.8. The fraction of sp³-hybridized carbons (Fsp3) is 0.769. The van der Waals surface area contributed by atoms with Gasteiger partial charge in [0.1, 0.15) is 6.04 Å². The maximum atomic E-state index is 12.1. The summed E-state index contributed by atoms with van der Waals surface area (Å²) in [4.78, 5) is 39.5. The number of amides is 2. The van der Waals surface area contributed by atoms with Gasteiger partial charge in [-0.2, -0.15) is 0 Å². The van der Waals surface area contributed by atoms with E-state index in [1.165, 1.54) is 5.57 Å². The first-order valence-corrected chi connectivity index (χ1v) is 12.9. The summed E-state index contributed by atoms with van der Waals surface area (Å²) in [5, 5.41) is 26.4. The number of primary amides is 1.